The van der Waals surface area contributed by atoms with Gasteiger partial charge in [-0.15, -0.1) is 0 Å². The molecule has 2 aliphatic heterocycles. The summed E-state index contributed by atoms with van der Waals surface area (Å²) in [6.07, 6.45) is 4.45. The van der Waals surface area contributed by atoms with Crippen LogP contribution in [0.5, 0.6) is 0 Å². The lowest BCUT2D eigenvalue weighted by Gasteiger charge is -2.24. The third-order valence-corrected chi connectivity index (χ3v) is 4.49. The van der Waals surface area contributed by atoms with Crippen LogP contribution in [0, 0.1) is 0 Å². The second-order valence-corrected chi connectivity index (χ2v) is 5.98. The van der Waals surface area contributed by atoms with Gasteiger partial charge in [0.25, 0.3) is 5.91 Å². The van der Waals surface area contributed by atoms with Crippen molar-refractivity contribution in [3.05, 3.63) is 53.4 Å². The van der Waals surface area contributed by atoms with E-state index in [1.807, 2.05) is 24.3 Å². The first-order valence-electron chi connectivity index (χ1n) is 7.74. The maximum absolute atomic E-state index is 11.9. The van der Waals surface area contributed by atoms with Crippen molar-refractivity contribution in [2.75, 3.05) is 0 Å². The lowest BCUT2D eigenvalue weighted by atomic mass is 10.0. The maximum atomic E-state index is 11.9. The lowest BCUT2D eigenvalue weighted by Crippen LogP contribution is -2.26. The van der Waals surface area contributed by atoms with Gasteiger partial charge < -0.3 is 10.5 Å². The number of amides is 1. The molecule has 1 aromatic heterocycles. The van der Waals surface area contributed by atoms with Crippen LogP contribution in [0.25, 0.3) is 17.5 Å². The van der Waals surface area contributed by atoms with Gasteiger partial charge in [-0.25, -0.2) is 9.97 Å². The summed E-state index contributed by atoms with van der Waals surface area (Å²) >= 11 is 0. The van der Waals surface area contributed by atoms with Crippen LogP contribution in [-0.4, -0.2) is 22.0 Å². The Morgan fingerprint density at radius 2 is 2.22 bits per heavy atom. The molecule has 23 heavy (non-hydrogen) atoms. The number of ether oxygens (including phenoxy) is 1. The molecule has 2 atom stereocenters. The molecule has 0 spiro atoms. The topological polar surface area (TPSA) is 78.1 Å². The predicted octanol–water partition coefficient (Wildman–Crippen LogP) is 2.66. The second kappa shape index (κ2) is 5.28. The fourth-order valence-electron chi connectivity index (χ4n) is 3.42. The highest BCUT2D eigenvalue weighted by molar-refractivity contribution is 5.93. The Kier molecular flexibility index (Phi) is 3.23. The van der Waals surface area contributed by atoms with Gasteiger partial charge in [-0.05, 0) is 24.5 Å². The number of rotatable bonds is 3. The van der Waals surface area contributed by atoms with E-state index in [4.69, 9.17) is 15.5 Å². The number of nitrogens with two attached hydrogens (primary N) is 1. The van der Waals surface area contributed by atoms with Crippen molar-refractivity contribution in [3.8, 4) is 11.4 Å². The van der Waals surface area contributed by atoms with Crippen molar-refractivity contribution in [2.24, 2.45) is 5.73 Å². The highest BCUT2D eigenvalue weighted by Gasteiger charge is 2.38. The molecule has 2 aliphatic rings. The minimum Gasteiger partial charge on any atom is -0.370 e. The van der Waals surface area contributed by atoms with Crippen molar-refractivity contribution < 1.29 is 9.53 Å². The van der Waals surface area contributed by atoms with Gasteiger partial charge in [0.05, 0.1) is 17.9 Å². The number of primary amides is 1. The summed E-state index contributed by atoms with van der Waals surface area (Å²) in [5.41, 5.74) is 9.38. The van der Waals surface area contributed by atoms with E-state index in [-0.39, 0.29) is 12.2 Å². The fourth-order valence-corrected chi connectivity index (χ4v) is 3.42. The molecule has 5 nitrogen and oxygen atoms in total. The monoisotopic (exact) mass is 307 g/mol. The molecule has 5 heteroatoms. The molecule has 2 N–H and O–H groups in total. The molecule has 0 saturated carbocycles. The maximum Gasteiger partial charge on any atom is 0.267 e. The molecule has 4 rings (SSSR count). The molecular formula is C18H17N3O2. The highest BCUT2D eigenvalue weighted by Crippen LogP contribution is 2.42. The number of aromatic nitrogens is 2. The molecule has 2 bridgehead atoms. The second-order valence-electron chi connectivity index (χ2n) is 5.98. The third kappa shape index (κ3) is 2.33. The minimum absolute atomic E-state index is 0.0974. The van der Waals surface area contributed by atoms with Crippen LogP contribution in [0.2, 0.25) is 0 Å². The molecule has 3 heterocycles. The SMILES string of the molecule is C=Cc1cccc(-c2nc3c(c(C(N)=O)n2)[C@H]2CC[C@@H](C3)O2)c1. The first kappa shape index (κ1) is 14.1. The van der Waals surface area contributed by atoms with Crippen molar-refractivity contribution >= 4 is 12.0 Å². The van der Waals surface area contributed by atoms with Gasteiger partial charge in [0.2, 0.25) is 0 Å². The van der Waals surface area contributed by atoms with E-state index < -0.39 is 5.91 Å². The third-order valence-electron chi connectivity index (χ3n) is 4.49. The van der Waals surface area contributed by atoms with Crippen LogP contribution in [0.3, 0.4) is 0 Å². The number of fused-ring (bicyclic) bond motifs is 4. The van der Waals surface area contributed by atoms with Gasteiger partial charge in [0.1, 0.15) is 5.69 Å². The Morgan fingerprint density at radius 3 is 3.00 bits per heavy atom. The molecule has 2 aromatic rings. The number of hydrogen-bond acceptors (Lipinski definition) is 4. The van der Waals surface area contributed by atoms with Crippen LogP contribution < -0.4 is 5.73 Å². The van der Waals surface area contributed by atoms with Crippen LogP contribution >= 0.6 is 0 Å². The molecule has 0 radical (unpaired) electrons. The van der Waals surface area contributed by atoms with Gasteiger partial charge in [-0.1, -0.05) is 30.9 Å². The van der Waals surface area contributed by atoms with E-state index in [1.54, 1.807) is 6.08 Å². The summed E-state index contributed by atoms with van der Waals surface area (Å²) in [5.74, 6) is 0.00118. The van der Waals surface area contributed by atoms with E-state index in [9.17, 15) is 4.79 Å². The lowest BCUT2D eigenvalue weighted by molar-refractivity contribution is 0.0300. The quantitative estimate of drug-likeness (QED) is 0.945. The van der Waals surface area contributed by atoms with Crippen LogP contribution in [0.15, 0.2) is 30.8 Å². The van der Waals surface area contributed by atoms with E-state index in [2.05, 4.69) is 11.6 Å². The standard InChI is InChI=1S/C18H17N3O2/c1-2-10-4-3-5-11(8-10)18-20-13-9-12-6-7-14(23-12)15(13)16(21-18)17(19)22/h2-5,8,12,14H,1,6-7,9H2,(H2,19,22)/t12-,14+/m0/s1. The Hall–Kier alpha value is -2.53. The average molecular weight is 307 g/mol. The van der Waals surface area contributed by atoms with Crippen molar-refractivity contribution in [3.63, 3.8) is 0 Å². The summed E-state index contributed by atoms with van der Waals surface area (Å²) in [6, 6.07) is 7.75. The summed E-state index contributed by atoms with van der Waals surface area (Å²) < 4.78 is 5.90. The summed E-state index contributed by atoms with van der Waals surface area (Å²) in [6.45, 7) is 3.78. The van der Waals surface area contributed by atoms with E-state index in [0.717, 1.165) is 35.2 Å². The van der Waals surface area contributed by atoms with Gasteiger partial charge in [0.15, 0.2) is 5.82 Å². The predicted molar refractivity (Wildman–Crippen MR) is 86.6 cm³/mol. The fraction of sp³-hybridized carbons (Fsp3) is 0.278. The molecule has 1 aromatic carbocycles. The summed E-state index contributed by atoms with van der Waals surface area (Å²) in [4.78, 5) is 21.1. The van der Waals surface area contributed by atoms with Gasteiger partial charge >= 0.3 is 0 Å². The molecule has 1 saturated heterocycles. The molecular weight excluding hydrogens is 290 g/mol. The van der Waals surface area contributed by atoms with Gasteiger partial charge in [0, 0.05) is 17.5 Å². The molecule has 1 amide bonds. The van der Waals surface area contributed by atoms with E-state index >= 15 is 0 Å². The van der Waals surface area contributed by atoms with E-state index in [1.165, 1.54) is 0 Å². The largest absolute Gasteiger partial charge is 0.370 e. The smallest absolute Gasteiger partial charge is 0.267 e. The summed E-state index contributed by atoms with van der Waals surface area (Å²) in [5, 5.41) is 0. The first-order chi connectivity index (χ1) is 11.2. The molecule has 116 valence electrons. The van der Waals surface area contributed by atoms with Crippen molar-refractivity contribution in [2.45, 2.75) is 31.5 Å². The van der Waals surface area contributed by atoms with E-state index in [0.29, 0.717) is 17.9 Å². The highest BCUT2D eigenvalue weighted by atomic mass is 16.5. The summed E-state index contributed by atoms with van der Waals surface area (Å²) in [7, 11) is 0. The van der Waals surface area contributed by atoms with Crippen molar-refractivity contribution in [1.82, 2.24) is 9.97 Å². The zero-order valence-corrected chi connectivity index (χ0v) is 12.7. The van der Waals surface area contributed by atoms with Crippen LogP contribution in [-0.2, 0) is 11.2 Å². The zero-order valence-electron chi connectivity index (χ0n) is 12.7. The van der Waals surface area contributed by atoms with Gasteiger partial charge in [-0.3, -0.25) is 4.79 Å². The van der Waals surface area contributed by atoms with Crippen LogP contribution in [0.1, 0.15) is 46.3 Å². The number of nitrogens with zero attached hydrogens (tertiary/aromatic N) is 2. The number of benzene rings is 1. The Morgan fingerprint density at radius 1 is 1.35 bits per heavy atom. The molecule has 0 aliphatic carbocycles. The normalized spacial score (nSPS) is 21.7. The molecule has 0 unspecified atom stereocenters. The van der Waals surface area contributed by atoms with Crippen LogP contribution in [0.4, 0.5) is 0 Å². The minimum atomic E-state index is -0.529. The first-order valence-corrected chi connectivity index (χ1v) is 7.74. The zero-order chi connectivity index (χ0) is 16.0. The Balaban J connectivity index is 1.89. The van der Waals surface area contributed by atoms with Crippen molar-refractivity contribution in [1.29, 1.82) is 0 Å². The number of carbonyl (C=O) groups is 1. The Labute approximate surface area is 134 Å². The van der Waals surface area contributed by atoms with Gasteiger partial charge in [-0.2, -0.15) is 0 Å². The number of hydrogen-bond donors (Lipinski definition) is 1. The molecule has 1 fully saturated rings. The average Bonchev–Trinajstić information content (AvgIpc) is 2.95. The Bertz CT molecular complexity index is 816. The number of carbonyl (C=O) groups excluding carboxylic acids is 1.